The topological polar surface area (TPSA) is 62.6 Å². The number of aryl methyl sites for hydroxylation is 1. The molecule has 6 nitrogen and oxygen atoms in total. The molecule has 1 aliphatic rings. The second-order valence-electron chi connectivity index (χ2n) is 7.08. The van der Waals surface area contributed by atoms with E-state index in [9.17, 15) is 14.4 Å². The van der Waals surface area contributed by atoms with Gasteiger partial charge in [0.25, 0.3) is 11.5 Å². The first-order chi connectivity index (χ1) is 13.0. The van der Waals surface area contributed by atoms with Gasteiger partial charge in [0.2, 0.25) is 5.91 Å². The first kappa shape index (κ1) is 18.9. The second kappa shape index (κ2) is 8.20. The molecule has 142 valence electrons. The number of amides is 2. The summed E-state index contributed by atoms with van der Waals surface area (Å²) < 4.78 is 1.40. The number of rotatable bonds is 4. The van der Waals surface area contributed by atoms with Gasteiger partial charge in [-0.2, -0.15) is 0 Å². The van der Waals surface area contributed by atoms with Gasteiger partial charge in [-0.15, -0.1) is 0 Å². The molecule has 0 unspecified atom stereocenters. The quantitative estimate of drug-likeness (QED) is 0.829. The Morgan fingerprint density at radius 2 is 1.74 bits per heavy atom. The Balaban J connectivity index is 1.58. The lowest BCUT2D eigenvalue weighted by atomic mass is 9.94. The van der Waals surface area contributed by atoms with E-state index in [0.717, 1.165) is 5.56 Å². The van der Waals surface area contributed by atoms with Crippen LogP contribution in [0.25, 0.3) is 0 Å². The molecule has 1 aliphatic heterocycles. The van der Waals surface area contributed by atoms with Crippen LogP contribution in [0.1, 0.15) is 28.8 Å². The number of hydrogen-bond donors (Lipinski definition) is 0. The molecular weight excluding hydrogens is 342 g/mol. The van der Waals surface area contributed by atoms with Gasteiger partial charge in [0.1, 0.15) is 5.56 Å². The molecule has 2 heterocycles. The molecular formula is C21H25N3O3. The summed E-state index contributed by atoms with van der Waals surface area (Å²) in [5.41, 5.74) is 0.996. The first-order valence-corrected chi connectivity index (χ1v) is 9.21. The third-order valence-corrected chi connectivity index (χ3v) is 5.12. The fourth-order valence-electron chi connectivity index (χ4n) is 3.51. The zero-order chi connectivity index (χ0) is 19.4. The lowest BCUT2D eigenvalue weighted by Crippen LogP contribution is -2.44. The molecule has 0 atom stereocenters. The minimum absolute atomic E-state index is 0.0821. The SMILES string of the molecule is CN(Cc1ccccc1)C(=O)C1CCN(C(=O)c2cccn(C)c2=O)CC1. The first-order valence-electron chi connectivity index (χ1n) is 9.21. The molecule has 6 heteroatoms. The number of aromatic nitrogens is 1. The van der Waals surface area contributed by atoms with Gasteiger partial charge in [0, 0.05) is 45.8 Å². The molecule has 0 radical (unpaired) electrons. The maximum atomic E-state index is 12.7. The predicted octanol–water partition coefficient (Wildman–Crippen LogP) is 1.90. The number of nitrogens with zero attached hydrogens (tertiary/aromatic N) is 3. The van der Waals surface area contributed by atoms with Crippen LogP contribution in [-0.2, 0) is 18.4 Å². The van der Waals surface area contributed by atoms with Crippen LogP contribution in [0.5, 0.6) is 0 Å². The second-order valence-corrected chi connectivity index (χ2v) is 7.08. The Bertz CT molecular complexity index is 868. The van der Waals surface area contributed by atoms with E-state index in [1.165, 1.54) is 4.57 Å². The highest BCUT2D eigenvalue weighted by atomic mass is 16.2. The Kier molecular flexibility index (Phi) is 5.74. The summed E-state index contributed by atoms with van der Waals surface area (Å²) >= 11 is 0. The molecule has 0 N–H and O–H groups in total. The Morgan fingerprint density at radius 1 is 1.07 bits per heavy atom. The lowest BCUT2D eigenvalue weighted by molar-refractivity contribution is -0.136. The molecule has 3 rings (SSSR count). The van der Waals surface area contributed by atoms with E-state index in [1.807, 2.05) is 37.4 Å². The molecule has 2 aromatic rings. The molecule has 1 aromatic heterocycles. The minimum Gasteiger partial charge on any atom is -0.341 e. The highest BCUT2D eigenvalue weighted by Gasteiger charge is 2.30. The normalized spacial score (nSPS) is 14.8. The van der Waals surface area contributed by atoms with E-state index in [1.54, 1.807) is 35.2 Å². The van der Waals surface area contributed by atoms with Crippen LogP contribution in [0.4, 0.5) is 0 Å². The summed E-state index contributed by atoms with van der Waals surface area (Å²) in [6.45, 7) is 1.57. The summed E-state index contributed by atoms with van der Waals surface area (Å²) in [6.07, 6.45) is 2.88. The molecule has 2 amide bonds. The van der Waals surface area contributed by atoms with Crippen molar-refractivity contribution in [1.82, 2.24) is 14.4 Å². The van der Waals surface area contributed by atoms with E-state index in [2.05, 4.69) is 0 Å². The van der Waals surface area contributed by atoms with Gasteiger partial charge in [0.15, 0.2) is 0 Å². The molecule has 0 spiro atoms. The van der Waals surface area contributed by atoms with Crippen molar-refractivity contribution >= 4 is 11.8 Å². The Labute approximate surface area is 159 Å². The van der Waals surface area contributed by atoms with Crippen molar-refractivity contribution in [3.63, 3.8) is 0 Å². The van der Waals surface area contributed by atoms with Crippen LogP contribution in [-0.4, -0.2) is 46.3 Å². The number of hydrogen-bond acceptors (Lipinski definition) is 3. The van der Waals surface area contributed by atoms with Crippen LogP contribution in [0.3, 0.4) is 0 Å². The molecule has 0 aliphatic carbocycles. The largest absolute Gasteiger partial charge is 0.341 e. The van der Waals surface area contributed by atoms with Crippen LogP contribution < -0.4 is 5.56 Å². The van der Waals surface area contributed by atoms with Crippen molar-refractivity contribution in [2.24, 2.45) is 13.0 Å². The maximum Gasteiger partial charge on any atom is 0.263 e. The van der Waals surface area contributed by atoms with Gasteiger partial charge >= 0.3 is 0 Å². The van der Waals surface area contributed by atoms with Gasteiger partial charge in [-0.05, 0) is 30.5 Å². The van der Waals surface area contributed by atoms with Gasteiger partial charge in [-0.25, -0.2) is 0 Å². The highest BCUT2D eigenvalue weighted by Crippen LogP contribution is 2.21. The Hall–Kier alpha value is -2.89. The van der Waals surface area contributed by atoms with Crippen molar-refractivity contribution in [2.45, 2.75) is 19.4 Å². The van der Waals surface area contributed by atoms with Gasteiger partial charge in [0.05, 0.1) is 0 Å². The molecule has 1 fully saturated rings. The van der Waals surface area contributed by atoms with E-state index < -0.39 is 0 Å². The molecule has 27 heavy (non-hydrogen) atoms. The Morgan fingerprint density at radius 3 is 2.41 bits per heavy atom. The number of carbonyl (C=O) groups is 2. The van der Waals surface area contributed by atoms with Crippen molar-refractivity contribution in [1.29, 1.82) is 0 Å². The highest BCUT2D eigenvalue weighted by molar-refractivity contribution is 5.94. The zero-order valence-corrected chi connectivity index (χ0v) is 15.8. The standard InChI is InChI=1S/C21H25N3O3/c1-22-12-6-9-18(20(22)26)21(27)24-13-10-17(11-14-24)19(25)23(2)15-16-7-4-3-5-8-16/h3-9,12,17H,10-11,13-15H2,1-2H3. The summed E-state index contributed by atoms with van der Waals surface area (Å²) in [7, 11) is 3.45. The third-order valence-electron chi connectivity index (χ3n) is 5.12. The van der Waals surface area contributed by atoms with Gasteiger partial charge in [-0.1, -0.05) is 30.3 Å². The molecule has 1 aromatic carbocycles. The number of piperidine rings is 1. The van der Waals surface area contributed by atoms with Crippen LogP contribution >= 0.6 is 0 Å². The zero-order valence-electron chi connectivity index (χ0n) is 15.8. The third kappa shape index (κ3) is 4.27. The van der Waals surface area contributed by atoms with Crippen molar-refractivity contribution < 1.29 is 9.59 Å². The summed E-state index contributed by atoms with van der Waals surface area (Å²) in [5.74, 6) is -0.220. The predicted molar refractivity (Wildman–Crippen MR) is 103 cm³/mol. The summed E-state index contributed by atoms with van der Waals surface area (Å²) in [5, 5.41) is 0. The monoisotopic (exact) mass is 367 g/mol. The number of carbonyl (C=O) groups excluding carboxylic acids is 2. The van der Waals surface area contributed by atoms with E-state index in [4.69, 9.17) is 0 Å². The van der Waals surface area contributed by atoms with E-state index >= 15 is 0 Å². The van der Waals surface area contributed by atoms with Crippen LogP contribution in [0, 0.1) is 5.92 Å². The van der Waals surface area contributed by atoms with Gasteiger partial charge < -0.3 is 14.4 Å². The van der Waals surface area contributed by atoms with Crippen LogP contribution in [0.2, 0.25) is 0 Å². The lowest BCUT2D eigenvalue weighted by Gasteiger charge is -2.33. The molecule has 0 bridgehead atoms. The van der Waals surface area contributed by atoms with Gasteiger partial charge in [-0.3, -0.25) is 14.4 Å². The number of pyridine rings is 1. The average Bonchev–Trinajstić information content (AvgIpc) is 2.70. The maximum absolute atomic E-state index is 12.7. The molecule has 0 saturated carbocycles. The minimum atomic E-state index is -0.289. The number of benzene rings is 1. The van der Waals surface area contributed by atoms with Crippen molar-refractivity contribution in [3.8, 4) is 0 Å². The summed E-state index contributed by atoms with van der Waals surface area (Å²) in [6, 6.07) is 13.2. The smallest absolute Gasteiger partial charge is 0.263 e. The van der Waals surface area contributed by atoms with Crippen LogP contribution in [0.15, 0.2) is 53.5 Å². The fraction of sp³-hybridized carbons (Fsp3) is 0.381. The average molecular weight is 367 g/mol. The number of likely N-dealkylation sites (tertiary alicyclic amines) is 1. The van der Waals surface area contributed by atoms with E-state index in [0.29, 0.717) is 32.5 Å². The fourth-order valence-corrected chi connectivity index (χ4v) is 3.51. The van der Waals surface area contributed by atoms with E-state index in [-0.39, 0.29) is 28.9 Å². The van der Waals surface area contributed by atoms with Crippen molar-refractivity contribution in [2.75, 3.05) is 20.1 Å². The summed E-state index contributed by atoms with van der Waals surface area (Å²) in [4.78, 5) is 40.9. The van der Waals surface area contributed by atoms with Crippen molar-refractivity contribution in [3.05, 3.63) is 70.1 Å². The molecule has 1 saturated heterocycles.